The lowest BCUT2D eigenvalue weighted by Crippen LogP contribution is -2.58. The van der Waals surface area contributed by atoms with Gasteiger partial charge in [0.15, 0.2) is 23.4 Å². The van der Waals surface area contributed by atoms with Gasteiger partial charge in [0.2, 0.25) is 0 Å². The maximum Gasteiger partial charge on any atom is 0.336 e. The van der Waals surface area contributed by atoms with Crippen LogP contribution < -0.4 is 9.47 Å². The van der Waals surface area contributed by atoms with Crippen LogP contribution >= 0.6 is 0 Å². The number of rotatable bonds is 4. The highest BCUT2D eigenvalue weighted by Crippen LogP contribution is 2.59. The van der Waals surface area contributed by atoms with E-state index in [1.807, 2.05) is 26.0 Å². The standard InChI is InChI=1S/C24H29NO4/c1-6-24-15(4)17-12-18(26)23(24)29-22-19(28-20(27)9-7-8-14(2)3)11-10-16(21(22)24)13-25(17)5/h7-11,15,17,23H,6,12-13H2,1-5H3/b9-7+/t15-,17?,23+,24+/m1/s1. The van der Waals surface area contributed by atoms with E-state index in [9.17, 15) is 9.59 Å². The van der Waals surface area contributed by atoms with E-state index in [2.05, 4.69) is 25.8 Å². The number of carbonyl (C=O) groups excluding carboxylic acids is 2. The number of hydrogen-bond donors (Lipinski definition) is 0. The van der Waals surface area contributed by atoms with Gasteiger partial charge in [-0.25, -0.2) is 4.79 Å². The Hall–Kier alpha value is -2.40. The van der Waals surface area contributed by atoms with Gasteiger partial charge in [-0.3, -0.25) is 9.69 Å². The lowest BCUT2D eigenvalue weighted by Gasteiger charge is -2.46. The summed E-state index contributed by atoms with van der Waals surface area (Å²) in [5.74, 6) is 0.942. The van der Waals surface area contributed by atoms with Crippen molar-refractivity contribution in [1.82, 2.24) is 4.90 Å². The van der Waals surface area contributed by atoms with Gasteiger partial charge in [-0.1, -0.05) is 37.6 Å². The smallest absolute Gasteiger partial charge is 0.336 e. The molecule has 4 rings (SSSR count). The quantitative estimate of drug-likeness (QED) is 0.334. The van der Waals surface area contributed by atoms with Crippen LogP contribution in [-0.2, 0) is 21.5 Å². The third-order valence-electron chi connectivity index (χ3n) is 6.91. The Morgan fingerprint density at radius 3 is 2.83 bits per heavy atom. The van der Waals surface area contributed by atoms with Crippen molar-refractivity contribution in [2.75, 3.05) is 7.05 Å². The molecule has 154 valence electrons. The lowest BCUT2D eigenvalue weighted by atomic mass is 9.59. The number of allylic oxidation sites excluding steroid dienone is 3. The van der Waals surface area contributed by atoms with Gasteiger partial charge < -0.3 is 9.47 Å². The summed E-state index contributed by atoms with van der Waals surface area (Å²) in [4.78, 5) is 27.7. The molecule has 1 fully saturated rings. The van der Waals surface area contributed by atoms with Crippen LogP contribution in [0, 0.1) is 5.92 Å². The Bertz CT molecular complexity index is 927. The molecular formula is C24H29NO4. The number of ether oxygens (including phenoxy) is 2. The minimum Gasteiger partial charge on any atom is -0.477 e. The highest BCUT2D eigenvalue weighted by molar-refractivity contribution is 5.90. The maximum atomic E-state index is 13.1. The summed E-state index contributed by atoms with van der Waals surface area (Å²) in [7, 11) is 2.09. The third-order valence-corrected chi connectivity index (χ3v) is 6.91. The van der Waals surface area contributed by atoms with Crippen molar-refractivity contribution >= 4 is 11.8 Å². The predicted octanol–water partition coefficient (Wildman–Crippen LogP) is 3.95. The predicted molar refractivity (Wildman–Crippen MR) is 111 cm³/mol. The first-order valence-electron chi connectivity index (χ1n) is 10.4. The minimum absolute atomic E-state index is 0.145. The number of esters is 1. The SMILES string of the molecule is CC[C@]12c3c4ccc(OC(=O)/C=C/C=C(C)C)c3O[C@H]1C(=O)CC([C@H]2C)N(C)C4. The normalized spacial score (nSPS) is 30.1. The minimum atomic E-state index is -0.500. The van der Waals surface area contributed by atoms with E-state index in [1.165, 1.54) is 6.08 Å². The van der Waals surface area contributed by atoms with E-state index < -0.39 is 12.1 Å². The van der Waals surface area contributed by atoms with Gasteiger partial charge in [-0.2, -0.15) is 0 Å². The molecule has 1 saturated carbocycles. The fourth-order valence-electron chi connectivity index (χ4n) is 5.52. The van der Waals surface area contributed by atoms with Crippen molar-refractivity contribution in [3.63, 3.8) is 0 Å². The fraction of sp³-hybridized carbons (Fsp3) is 0.500. The summed E-state index contributed by atoms with van der Waals surface area (Å²) in [5.41, 5.74) is 2.96. The summed E-state index contributed by atoms with van der Waals surface area (Å²) in [5, 5.41) is 0. The van der Waals surface area contributed by atoms with Gasteiger partial charge in [0.25, 0.3) is 0 Å². The zero-order valence-corrected chi connectivity index (χ0v) is 17.8. The van der Waals surface area contributed by atoms with Crippen LogP contribution in [0.25, 0.3) is 0 Å². The molecule has 0 saturated heterocycles. The van der Waals surface area contributed by atoms with Gasteiger partial charge in [-0.05, 0) is 44.9 Å². The fourth-order valence-corrected chi connectivity index (χ4v) is 5.52. The number of fused-ring (bicyclic) bond motifs is 1. The molecule has 4 atom stereocenters. The number of benzene rings is 1. The Kier molecular flexibility index (Phi) is 4.89. The van der Waals surface area contributed by atoms with Crippen molar-refractivity contribution < 1.29 is 19.1 Å². The Labute approximate surface area is 172 Å². The van der Waals surface area contributed by atoms with Crippen molar-refractivity contribution in [3.05, 3.63) is 47.1 Å². The molecule has 1 unspecified atom stereocenters. The highest BCUT2D eigenvalue weighted by Gasteiger charge is 2.62. The van der Waals surface area contributed by atoms with E-state index >= 15 is 0 Å². The Balaban J connectivity index is 1.80. The molecule has 0 spiro atoms. The van der Waals surface area contributed by atoms with Gasteiger partial charge in [-0.15, -0.1) is 0 Å². The number of Topliss-reactive ketones (excluding diaryl/α,β-unsaturated/α-hetero) is 1. The molecular weight excluding hydrogens is 366 g/mol. The second kappa shape index (κ2) is 7.13. The van der Waals surface area contributed by atoms with E-state index in [4.69, 9.17) is 9.47 Å². The van der Waals surface area contributed by atoms with Gasteiger partial charge in [0.1, 0.15) is 0 Å². The summed E-state index contributed by atoms with van der Waals surface area (Å²) >= 11 is 0. The summed E-state index contributed by atoms with van der Waals surface area (Å²) in [6.07, 6.45) is 5.75. The highest BCUT2D eigenvalue weighted by atomic mass is 16.6. The molecule has 1 aromatic carbocycles. The average Bonchev–Trinajstić information content (AvgIpc) is 3.01. The molecule has 1 aliphatic carbocycles. The van der Waals surface area contributed by atoms with Crippen LogP contribution in [0.3, 0.4) is 0 Å². The second-order valence-corrected chi connectivity index (χ2v) is 8.78. The molecule has 29 heavy (non-hydrogen) atoms. The van der Waals surface area contributed by atoms with Gasteiger partial charge in [0.05, 0.1) is 0 Å². The number of carbonyl (C=O) groups is 2. The van der Waals surface area contributed by atoms with Crippen molar-refractivity contribution in [2.45, 2.75) is 64.6 Å². The van der Waals surface area contributed by atoms with Crippen LogP contribution in [-0.4, -0.2) is 35.8 Å². The molecule has 2 aliphatic heterocycles. The lowest BCUT2D eigenvalue weighted by molar-refractivity contribution is -0.136. The second-order valence-electron chi connectivity index (χ2n) is 8.78. The first kappa shape index (κ1) is 19.9. The topological polar surface area (TPSA) is 55.8 Å². The van der Waals surface area contributed by atoms with Crippen molar-refractivity contribution in [2.24, 2.45) is 5.92 Å². The Morgan fingerprint density at radius 2 is 2.14 bits per heavy atom. The summed E-state index contributed by atoms with van der Waals surface area (Å²) in [6.45, 7) is 9.05. The molecule has 0 N–H and O–H groups in total. The molecule has 0 radical (unpaired) electrons. The summed E-state index contributed by atoms with van der Waals surface area (Å²) in [6, 6.07) is 4.02. The van der Waals surface area contributed by atoms with Crippen molar-refractivity contribution in [1.29, 1.82) is 0 Å². The van der Waals surface area contributed by atoms with E-state index in [0.717, 1.165) is 29.7 Å². The first-order chi connectivity index (χ1) is 13.8. The molecule has 5 heteroatoms. The largest absolute Gasteiger partial charge is 0.477 e. The molecule has 2 heterocycles. The Morgan fingerprint density at radius 1 is 1.38 bits per heavy atom. The van der Waals surface area contributed by atoms with E-state index in [0.29, 0.717) is 17.9 Å². The van der Waals surface area contributed by atoms with Crippen LogP contribution in [0.15, 0.2) is 35.9 Å². The number of ketones is 1. The first-order valence-corrected chi connectivity index (χ1v) is 10.4. The molecule has 5 nitrogen and oxygen atoms in total. The zero-order chi connectivity index (χ0) is 20.9. The van der Waals surface area contributed by atoms with Gasteiger partial charge in [0, 0.05) is 36.1 Å². The molecule has 2 bridgehead atoms. The van der Waals surface area contributed by atoms with Crippen LogP contribution in [0.2, 0.25) is 0 Å². The third kappa shape index (κ3) is 2.94. The molecule has 0 aromatic heterocycles. The van der Waals surface area contributed by atoms with Crippen LogP contribution in [0.1, 0.15) is 51.7 Å². The van der Waals surface area contributed by atoms with E-state index in [1.54, 1.807) is 12.1 Å². The monoisotopic (exact) mass is 395 g/mol. The number of nitrogens with zero attached hydrogens (tertiary/aromatic N) is 1. The maximum absolute atomic E-state index is 13.1. The molecule has 3 aliphatic rings. The van der Waals surface area contributed by atoms with Crippen LogP contribution in [0.4, 0.5) is 0 Å². The molecule has 1 aromatic rings. The van der Waals surface area contributed by atoms with E-state index in [-0.39, 0.29) is 23.2 Å². The van der Waals surface area contributed by atoms with Crippen LogP contribution in [0.5, 0.6) is 11.5 Å². The average molecular weight is 395 g/mol. The zero-order valence-electron chi connectivity index (χ0n) is 17.8. The molecule has 0 amide bonds. The number of hydrogen-bond acceptors (Lipinski definition) is 5. The summed E-state index contributed by atoms with van der Waals surface area (Å²) < 4.78 is 11.9. The van der Waals surface area contributed by atoms with Gasteiger partial charge >= 0.3 is 5.97 Å². The van der Waals surface area contributed by atoms with Crippen molar-refractivity contribution in [3.8, 4) is 11.5 Å².